The van der Waals surface area contributed by atoms with E-state index in [4.69, 9.17) is 5.11 Å². The van der Waals surface area contributed by atoms with E-state index >= 15 is 0 Å². The third-order valence-corrected chi connectivity index (χ3v) is 4.97. The maximum atomic E-state index is 12.9. The zero-order chi connectivity index (χ0) is 21.4. The number of benzene rings is 1. The number of hydrogen-bond donors (Lipinski definition) is 3. The van der Waals surface area contributed by atoms with Crippen LogP contribution in [0.1, 0.15) is 50.8 Å². The summed E-state index contributed by atoms with van der Waals surface area (Å²) in [4.78, 5) is 26.6. The van der Waals surface area contributed by atoms with Crippen molar-refractivity contribution in [1.29, 1.82) is 0 Å². The number of carbonyl (C=O) groups is 2. The molecule has 0 aromatic heterocycles. The van der Waals surface area contributed by atoms with Crippen LogP contribution in [-0.4, -0.2) is 59.1 Å². The SMILES string of the molecule is CC.Cc1ccc(C2C=C3C(=O)N(CC(=O)NCCCCO)CC(C)N3N2)cc1. The van der Waals surface area contributed by atoms with E-state index in [9.17, 15) is 9.59 Å². The molecule has 1 saturated heterocycles. The molecule has 3 N–H and O–H groups in total. The molecule has 7 nitrogen and oxygen atoms in total. The first-order valence-corrected chi connectivity index (χ1v) is 10.5. The largest absolute Gasteiger partial charge is 0.396 e. The number of aliphatic hydroxyl groups excluding tert-OH is 1. The van der Waals surface area contributed by atoms with Crippen molar-refractivity contribution in [3.8, 4) is 0 Å². The summed E-state index contributed by atoms with van der Waals surface area (Å²) in [6, 6.07) is 8.28. The van der Waals surface area contributed by atoms with Gasteiger partial charge in [-0.2, -0.15) is 0 Å². The van der Waals surface area contributed by atoms with E-state index in [1.54, 1.807) is 4.90 Å². The summed E-state index contributed by atoms with van der Waals surface area (Å²) in [5.41, 5.74) is 6.31. The van der Waals surface area contributed by atoms with E-state index < -0.39 is 0 Å². The van der Waals surface area contributed by atoms with E-state index in [0.29, 0.717) is 25.2 Å². The average molecular weight is 403 g/mol. The summed E-state index contributed by atoms with van der Waals surface area (Å²) in [5.74, 6) is -0.288. The summed E-state index contributed by atoms with van der Waals surface area (Å²) in [6.07, 6.45) is 3.33. The standard InChI is InChI=1S/C20H28N4O3.C2H6/c1-14-5-7-16(8-6-14)17-11-18-20(27)23(12-15(2)24(18)22-17)13-19(26)21-9-3-4-10-25;1-2/h5-8,11,15,17,22,25H,3-4,9-10,12-13H2,1-2H3,(H,21,26);1-2H3. The highest BCUT2D eigenvalue weighted by Crippen LogP contribution is 2.30. The smallest absolute Gasteiger partial charge is 0.271 e. The van der Waals surface area contributed by atoms with Crippen LogP contribution in [-0.2, 0) is 9.59 Å². The number of unbranched alkanes of at least 4 members (excludes halogenated alkanes) is 1. The van der Waals surface area contributed by atoms with Crippen LogP contribution < -0.4 is 10.7 Å². The lowest BCUT2D eigenvalue weighted by Crippen LogP contribution is -2.57. The number of rotatable bonds is 7. The van der Waals surface area contributed by atoms with Gasteiger partial charge in [0.2, 0.25) is 5.91 Å². The van der Waals surface area contributed by atoms with Gasteiger partial charge in [0.15, 0.2) is 0 Å². The Morgan fingerprint density at radius 2 is 1.93 bits per heavy atom. The Morgan fingerprint density at radius 3 is 2.59 bits per heavy atom. The van der Waals surface area contributed by atoms with E-state index in [1.165, 1.54) is 5.56 Å². The molecule has 0 saturated carbocycles. The minimum atomic E-state index is -0.163. The molecule has 29 heavy (non-hydrogen) atoms. The highest BCUT2D eigenvalue weighted by molar-refractivity contribution is 5.96. The van der Waals surface area contributed by atoms with E-state index in [2.05, 4.69) is 35.0 Å². The monoisotopic (exact) mass is 402 g/mol. The van der Waals surface area contributed by atoms with E-state index in [1.807, 2.05) is 38.8 Å². The minimum Gasteiger partial charge on any atom is -0.396 e. The Bertz CT molecular complexity index is 717. The Balaban J connectivity index is 0.00000145. The van der Waals surface area contributed by atoms with Crippen molar-refractivity contribution in [2.24, 2.45) is 0 Å². The maximum absolute atomic E-state index is 12.9. The van der Waals surface area contributed by atoms with Crippen molar-refractivity contribution in [1.82, 2.24) is 20.7 Å². The van der Waals surface area contributed by atoms with Gasteiger partial charge in [-0.25, -0.2) is 5.43 Å². The second-order valence-corrected chi connectivity index (χ2v) is 7.25. The summed E-state index contributed by atoms with van der Waals surface area (Å²) >= 11 is 0. The van der Waals surface area contributed by atoms with Gasteiger partial charge in [0.05, 0.1) is 18.6 Å². The van der Waals surface area contributed by atoms with Crippen LogP contribution in [0.25, 0.3) is 0 Å². The van der Waals surface area contributed by atoms with Gasteiger partial charge in [-0.1, -0.05) is 43.7 Å². The van der Waals surface area contributed by atoms with E-state index in [0.717, 1.165) is 12.0 Å². The fraction of sp³-hybridized carbons (Fsp3) is 0.545. The Hall–Kier alpha value is -2.38. The molecule has 1 fully saturated rings. The predicted octanol–water partition coefficient (Wildman–Crippen LogP) is 1.89. The quantitative estimate of drug-likeness (QED) is 0.607. The Kier molecular flexibility index (Phi) is 8.67. The molecule has 2 atom stereocenters. The molecule has 2 unspecified atom stereocenters. The number of nitrogens with zero attached hydrogens (tertiary/aromatic N) is 2. The summed E-state index contributed by atoms with van der Waals surface area (Å²) < 4.78 is 0. The number of hydrazine groups is 1. The van der Waals surface area contributed by atoms with Crippen LogP contribution in [0.3, 0.4) is 0 Å². The Labute approximate surface area is 173 Å². The van der Waals surface area contributed by atoms with Crippen molar-refractivity contribution >= 4 is 11.8 Å². The lowest BCUT2D eigenvalue weighted by molar-refractivity contribution is -0.138. The number of piperazine rings is 1. The second kappa shape index (κ2) is 11.0. The third kappa shape index (κ3) is 5.81. The lowest BCUT2D eigenvalue weighted by Gasteiger charge is -2.39. The zero-order valence-electron chi connectivity index (χ0n) is 17.9. The van der Waals surface area contributed by atoms with Gasteiger partial charge >= 0.3 is 0 Å². The summed E-state index contributed by atoms with van der Waals surface area (Å²) in [6.45, 7) is 9.28. The van der Waals surface area contributed by atoms with Gasteiger partial charge in [-0.05, 0) is 38.3 Å². The molecule has 2 amide bonds. The molecule has 0 aliphatic carbocycles. The minimum absolute atomic E-state index is 0.0424. The topological polar surface area (TPSA) is 84.9 Å². The van der Waals surface area contributed by atoms with Gasteiger partial charge in [0.1, 0.15) is 5.70 Å². The van der Waals surface area contributed by atoms with Crippen molar-refractivity contribution < 1.29 is 14.7 Å². The van der Waals surface area contributed by atoms with Crippen molar-refractivity contribution in [3.63, 3.8) is 0 Å². The third-order valence-electron chi connectivity index (χ3n) is 4.97. The molecule has 160 valence electrons. The number of aliphatic hydroxyl groups is 1. The molecule has 7 heteroatoms. The van der Waals surface area contributed by atoms with Crippen LogP contribution in [0.5, 0.6) is 0 Å². The first kappa shape index (κ1) is 22.9. The number of nitrogens with one attached hydrogen (secondary N) is 2. The average Bonchev–Trinajstić information content (AvgIpc) is 3.18. The van der Waals surface area contributed by atoms with Gasteiger partial charge in [-0.3, -0.25) is 14.6 Å². The van der Waals surface area contributed by atoms with E-state index in [-0.39, 0.29) is 37.0 Å². The second-order valence-electron chi connectivity index (χ2n) is 7.25. The molecular formula is C22H34N4O3. The van der Waals surface area contributed by atoms with Crippen LogP contribution in [0, 0.1) is 6.92 Å². The number of amides is 2. The first-order valence-electron chi connectivity index (χ1n) is 10.5. The molecule has 0 radical (unpaired) electrons. The summed E-state index contributed by atoms with van der Waals surface area (Å²) in [7, 11) is 0. The van der Waals surface area contributed by atoms with Crippen LogP contribution in [0.2, 0.25) is 0 Å². The number of hydrogen-bond acceptors (Lipinski definition) is 5. The maximum Gasteiger partial charge on any atom is 0.271 e. The van der Waals surface area contributed by atoms with Crippen LogP contribution >= 0.6 is 0 Å². The van der Waals surface area contributed by atoms with Crippen LogP contribution in [0.15, 0.2) is 36.0 Å². The van der Waals surface area contributed by atoms with Gasteiger partial charge in [0, 0.05) is 19.7 Å². The Morgan fingerprint density at radius 1 is 1.24 bits per heavy atom. The van der Waals surface area contributed by atoms with Gasteiger partial charge in [0.25, 0.3) is 5.91 Å². The predicted molar refractivity (Wildman–Crippen MR) is 114 cm³/mol. The highest BCUT2D eigenvalue weighted by atomic mass is 16.3. The zero-order valence-corrected chi connectivity index (χ0v) is 17.9. The fourth-order valence-electron chi connectivity index (χ4n) is 3.45. The van der Waals surface area contributed by atoms with Crippen molar-refractivity contribution in [2.45, 2.75) is 52.6 Å². The first-order chi connectivity index (χ1) is 14.0. The van der Waals surface area contributed by atoms with Gasteiger partial charge in [-0.15, -0.1) is 0 Å². The fourth-order valence-corrected chi connectivity index (χ4v) is 3.45. The molecular weight excluding hydrogens is 368 g/mol. The molecule has 1 aromatic carbocycles. The molecule has 2 aliphatic rings. The number of aryl methyl sites for hydroxylation is 1. The molecule has 0 bridgehead atoms. The molecule has 1 aromatic rings. The lowest BCUT2D eigenvalue weighted by atomic mass is 10.1. The number of fused-ring (bicyclic) bond motifs is 1. The number of carbonyl (C=O) groups excluding carboxylic acids is 2. The normalized spacial score (nSPS) is 20.6. The van der Waals surface area contributed by atoms with Crippen LogP contribution in [0.4, 0.5) is 0 Å². The summed E-state index contributed by atoms with van der Waals surface area (Å²) in [5, 5.41) is 13.5. The molecule has 3 rings (SSSR count). The molecule has 0 spiro atoms. The van der Waals surface area contributed by atoms with Crippen molar-refractivity contribution in [3.05, 3.63) is 47.2 Å². The molecule has 2 aliphatic heterocycles. The van der Waals surface area contributed by atoms with Crippen molar-refractivity contribution in [2.75, 3.05) is 26.2 Å². The molecule has 2 heterocycles. The highest BCUT2D eigenvalue weighted by Gasteiger charge is 2.39. The van der Waals surface area contributed by atoms with Gasteiger partial charge < -0.3 is 15.3 Å².